The van der Waals surface area contributed by atoms with Gasteiger partial charge in [-0.1, -0.05) is 48.5 Å². The van der Waals surface area contributed by atoms with Crippen molar-refractivity contribution in [1.82, 2.24) is 0 Å². The maximum absolute atomic E-state index is 10.2. The maximum atomic E-state index is 10.2. The van der Waals surface area contributed by atoms with Crippen LogP contribution in [0.15, 0.2) is 72.8 Å². The average molecular weight is 302 g/mol. The van der Waals surface area contributed by atoms with Crippen LogP contribution in [0.25, 0.3) is 21.5 Å². The van der Waals surface area contributed by atoms with Crippen LogP contribution in [0.1, 0.15) is 0 Å². The fourth-order valence-electron chi connectivity index (χ4n) is 2.70. The van der Waals surface area contributed by atoms with Crippen molar-refractivity contribution in [1.29, 1.82) is 0 Å². The monoisotopic (exact) mass is 302 g/mol. The first-order valence-corrected chi connectivity index (χ1v) is 7.32. The number of phenols is 2. The summed E-state index contributed by atoms with van der Waals surface area (Å²) < 4.78 is 5.76. The van der Waals surface area contributed by atoms with Crippen molar-refractivity contribution in [3.05, 3.63) is 72.8 Å². The van der Waals surface area contributed by atoms with Gasteiger partial charge in [-0.2, -0.15) is 0 Å². The molecule has 0 aliphatic heterocycles. The summed E-state index contributed by atoms with van der Waals surface area (Å²) in [4.78, 5) is 0. The Morgan fingerprint density at radius 1 is 0.522 bits per heavy atom. The Morgan fingerprint density at radius 3 is 1.26 bits per heavy atom. The number of hydrogen-bond acceptors (Lipinski definition) is 3. The van der Waals surface area contributed by atoms with Gasteiger partial charge in [0.15, 0.2) is 23.0 Å². The van der Waals surface area contributed by atoms with Gasteiger partial charge in [-0.3, -0.25) is 0 Å². The third-order valence-electron chi connectivity index (χ3n) is 3.87. The normalized spacial score (nSPS) is 11.0. The van der Waals surface area contributed by atoms with Crippen molar-refractivity contribution in [2.75, 3.05) is 0 Å². The highest BCUT2D eigenvalue weighted by Gasteiger charge is 2.10. The van der Waals surface area contributed by atoms with E-state index in [9.17, 15) is 10.2 Å². The molecule has 4 aromatic rings. The van der Waals surface area contributed by atoms with Crippen LogP contribution in [-0.4, -0.2) is 10.2 Å². The first-order chi connectivity index (χ1) is 11.2. The van der Waals surface area contributed by atoms with E-state index in [0.717, 1.165) is 21.5 Å². The topological polar surface area (TPSA) is 49.7 Å². The Bertz CT molecular complexity index is 938. The molecule has 2 N–H and O–H groups in total. The molecule has 0 fully saturated rings. The van der Waals surface area contributed by atoms with Crippen LogP contribution >= 0.6 is 0 Å². The van der Waals surface area contributed by atoms with Crippen LogP contribution < -0.4 is 4.74 Å². The van der Waals surface area contributed by atoms with Gasteiger partial charge in [0.2, 0.25) is 0 Å². The SMILES string of the molecule is Oc1cc2ccccc2cc1Oc1cc2ccccc2cc1O. The van der Waals surface area contributed by atoms with Crippen molar-refractivity contribution in [2.45, 2.75) is 0 Å². The van der Waals surface area contributed by atoms with Crippen molar-refractivity contribution in [3.63, 3.8) is 0 Å². The molecule has 3 nitrogen and oxygen atoms in total. The van der Waals surface area contributed by atoms with Crippen LogP contribution in [0.5, 0.6) is 23.0 Å². The summed E-state index contributed by atoms with van der Waals surface area (Å²) in [5.41, 5.74) is 0. The summed E-state index contributed by atoms with van der Waals surface area (Å²) in [6.07, 6.45) is 0. The van der Waals surface area contributed by atoms with Crippen molar-refractivity contribution in [2.24, 2.45) is 0 Å². The van der Waals surface area contributed by atoms with E-state index in [1.54, 1.807) is 24.3 Å². The Balaban J connectivity index is 1.81. The standard InChI is InChI=1S/C20H14O3/c21-17-9-13-5-1-3-7-15(13)11-19(17)23-20-12-16-8-4-2-6-14(16)10-18(20)22/h1-12,21-22H. The number of benzene rings is 4. The van der Waals surface area contributed by atoms with Crippen molar-refractivity contribution >= 4 is 21.5 Å². The van der Waals surface area contributed by atoms with E-state index >= 15 is 0 Å². The summed E-state index contributed by atoms with van der Waals surface area (Å²) in [6, 6.07) is 22.3. The highest BCUT2D eigenvalue weighted by Crippen LogP contribution is 2.39. The quantitative estimate of drug-likeness (QED) is 0.535. The molecule has 112 valence electrons. The largest absolute Gasteiger partial charge is 0.504 e. The van der Waals surface area contributed by atoms with E-state index < -0.39 is 0 Å². The predicted molar refractivity (Wildman–Crippen MR) is 91.3 cm³/mol. The lowest BCUT2D eigenvalue weighted by Gasteiger charge is -2.11. The lowest BCUT2D eigenvalue weighted by atomic mass is 10.1. The number of aromatic hydroxyl groups is 2. The van der Waals surface area contributed by atoms with Crippen LogP contribution in [0.4, 0.5) is 0 Å². The second kappa shape index (κ2) is 5.21. The van der Waals surface area contributed by atoms with Crippen LogP contribution in [0.2, 0.25) is 0 Å². The first-order valence-electron chi connectivity index (χ1n) is 7.32. The average Bonchev–Trinajstić information content (AvgIpc) is 2.56. The molecule has 3 heteroatoms. The minimum atomic E-state index is 0.0382. The van der Waals surface area contributed by atoms with Gasteiger partial charge in [0.05, 0.1) is 0 Å². The van der Waals surface area contributed by atoms with Gasteiger partial charge >= 0.3 is 0 Å². The third-order valence-corrected chi connectivity index (χ3v) is 3.87. The van der Waals surface area contributed by atoms with Gasteiger partial charge in [-0.25, -0.2) is 0 Å². The van der Waals surface area contributed by atoms with E-state index in [1.165, 1.54) is 0 Å². The molecule has 23 heavy (non-hydrogen) atoms. The van der Waals surface area contributed by atoms with E-state index in [-0.39, 0.29) is 11.5 Å². The smallest absolute Gasteiger partial charge is 0.169 e. The third kappa shape index (κ3) is 2.42. The molecule has 0 saturated heterocycles. The summed E-state index contributed by atoms with van der Waals surface area (Å²) >= 11 is 0. The molecule has 0 aromatic heterocycles. The van der Waals surface area contributed by atoms with Gasteiger partial charge in [-0.15, -0.1) is 0 Å². The van der Waals surface area contributed by atoms with Crippen molar-refractivity contribution in [3.8, 4) is 23.0 Å². The van der Waals surface area contributed by atoms with E-state index in [0.29, 0.717) is 11.5 Å². The summed E-state index contributed by atoms with van der Waals surface area (Å²) in [6.45, 7) is 0. The first kappa shape index (κ1) is 13.5. The van der Waals surface area contributed by atoms with Crippen LogP contribution in [0.3, 0.4) is 0 Å². The molecule has 0 unspecified atom stereocenters. The molecule has 0 amide bonds. The molecule has 4 rings (SSSR count). The number of hydrogen-bond donors (Lipinski definition) is 2. The summed E-state index contributed by atoms with van der Waals surface area (Å²) in [5.74, 6) is 0.705. The molecule has 0 aliphatic rings. The van der Waals surface area contributed by atoms with E-state index in [4.69, 9.17) is 4.74 Å². The maximum Gasteiger partial charge on any atom is 0.169 e. The Kier molecular flexibility index (Phi) is 3.05. The second-order valence-electron chi connectivity index (χ2n) is 5.44. The summed E-state index contributed by atoms with van der Waals surface area (Å²) in [7, 11) is 0. The molecule has 0 bridgehead atoms. The minimum absolute atomic E-state index is 0.0382. The van der Waals surface area contributed by atoms with Gasteiger partial charge in [0.1, 0.15) is 0 Å². The van der Waals surface area contributed by atoms with E-state index in [1.807, 2.05) is 48.5 Å². The van der Waals surface area contributed by atoms with E-state index in [2.05, 4.69) is 0 Å². The molecule has 0 saturated carbocycles. The zero-order valence-corrected chi connectivity index (χ0v) is 12.2. The Morgan fingerprint density at radius 2 is 0.870 bits per heavy atom. The molecule has 0 aliphatic carbocycles. The Hall–Kier alpha value is -3.20. The van der Waals surface area contributed by atoms with Crippen LogP contribution in [0, 0.1) is 0 Å². The molecule has 0 heterocycles. The molecule has 0 radical (unpaired) electrons. The fraction of sp³-hybridized carbons (Fsp3) is 0. The lowest BCUT2D eigenvalue weighted by Crippen LogP contribution is -1.87. The lowest BCUT2D eigenvalue weighted by molar-refractivity contribution is 0.386. The number of fused-ring (bicyclic) bond motifs is 2. The number of rotatable bonds is 2. The zero-order chi connectivity index (χ0) is 15.8. The molecule has 0 atom stereocenters. The number of ether oxygens (including phenoxy) is 1. The molecule has 0 spiro atoms. The molecular formula is C20H14O3. The molecular weight excluding hydrogens is 288 g/mol. The minimum Gasteiger partial charge on any atom is -0.504 e. The highest BCUT2D eigenvalue weighted by atomic mass is 16.5. The van der Waals surface area contributed by atoms with Gasteiger partial charge < -0.3 is 14.9 Å². The van der Waals surface area contributed by atoms with Gasteiger partial charge in [0, 0.05) is 0 Å². The molecule has 4 aromatic carbocycles. The Labute approximate surface area is 133 Å². The predicted octanol–water partition coefficient (Wildman–Crippen LogP) is 5.20. The van der Waals surface area contributed by atoms with Crippen molar-refractivity contribution < 1.29 is 14.9 Å². The van der Waals surface area contributed by atoms with Gasteiger partial charge in [0.25, 0.3) is 0 Å². The summed E-state index contributed by atoms with van der Waals surface area (Å²) in [5, 5.41) is 24.1. The second-order valence-corrected chi connectivity index (χ2v) is 5.44. The van der Waals surface area contributed by atoms with Gasteiger partial charge in [-0.05, 0) is 45.8 Å². The number of phenolic OH excluding ortho intramolecular Hbond substituents is 2. The highest BCUT2D eigenvalue weighted by molar-refractivity contribution is 5.87. The van der Waals surface area contributed by atoms with Crippen LogP contribution in [-0.2, 0) is 0 Å². The fourth-order valence-corrected chi connectivity index (χ4v) is 2.70. The zero-order valence-electron chi connectivity index (χ0n) is 12.2.